The number of rotatable bonds is 2. The van der Waals surface area contributed by atoms with Crippen molar-refractivity contribution in [1.82, 2.24) is 5.32 Å². The molecule has 0 radical (unpaired) electrons. The van der Waals surface area contributed by atoms with Crippen molar-refractivity contribution < 1.29 is 4.79 Å². The molecule has 0 atom stereocenters. The Kier molecular flexibility index (Phi) is 3.72. The van der Waals surface area contributed by atoms with Crippen LogP contribution in [-0.2, 0) is 0 Å². The smallest absolute Gasteiger partial charge is 0.318 e. The maximum absolute atomic E-state index is 11.2. The molecule has 2 amide bonds. The fourth-order valence-electron chi connectivity index (χ4n) is 1.32. The maximum atomic E-state index is 11.2. The Bertz CT molecular complexity index is 359. The first kappa shape index (κ1) is 11.6. The van der Waals surface area contributed by atoms with Gasteiger partial charge >= 0.3 is 6.03 Å². The first-order valence-corrected chi connectivity index (χ1v) is 5.14. The van der Waals surface area contributed by atoms with Gasteiger partial charge in [-0.15, -0.1) is 0 Å². The van der Waals surface area contributed by atoms with E-state index in [4.69, 9.17) is 0 Å². The van der Waals surface area contributed by atoms with Gasteiger partial charge in [0.25, 0.3) is 0 Å². The van der Waals surface area contributed by atoms with Crippen LogP contribution in [0.25, 0.3) is 0 Å². The lowest BCUT2D eigenvalue weighted by molar-refractivity contribution is 0.254. The third-order valence-corrected chi connectivity index (χ3v) is 2.40. The van der Waals surface area contributed by atoms with Crippen LogP contribution in [0.5, 0.6) is 0 Å². The Balaban J connectivity index is 2.95. The molecule has 0 heterocycles. The van der Waals surface area contributed by atoms with E-state index in [9.17, 15) is 4.79 Å². The minimum atomic E-state index is -0.181. The zero-order valence-corrected chi connectivity index (χ0v) is 9.72. The summed E-state index contributed by atoms with van der Waals surface area (Å²) < 4.78 is 0. The molecule has 15 heavy (non-hydrogen) atoms. The molecular weight excluding hydrogens is 188 g/mol. The number of anilines is 1. The predicted octanol–water partition coefficient (Wildman–Crippen LogP) is 2.87. The molecule has 2 N–H and O–H groups in total. The zero-order chi connectivity index (χ0) is 11.4. The standard InChI is InChI=1S/C12H18N2O/c1-8(2)10-6-5-9(3)11(7-10)14-12(15)13-4/h5-8H,1-4H3,(H2,13,14,15). The van der Waals surface area contributed by atoms with Gasteiger partial charge in [-0.1, -0.05) is 26.0 Å². The Morgan fingerprint density at radius 2 is 2.00 bits per heavy atom. The number of aryl methyl sites for hydroxylation is 1. The molecule has 0 saturated heterocycles. The number of hydrogen-bond donors (Lipinski definition) is 2. The fraction of sp³-hybridized carbons (Fsp3) is 0.417. The summed E-state index contributed by atoms with van der Waals surface area (Å²) >= 11 is 0. The molecule has 0 aromatic heterocycles. The molecule has 0 aliphatic heterocycles. The highest BCUT2D eigenvalue weighted by molar-refractivity contribution is 5.89. The van der Waals surface area contributed by atoms with E-state index in [-0.39, 0.29) is 6.03 Å². The molecule has 3 heteroatoms. The summed E-state index contributed by atoms with van der Waals surface area (Å²) in [4.78, 5) is 11.2. The summed E-state index contributed by atoms with van der Waals surface area (Å²) in [6, 6.07) is 5.96. The number of carbonyl (C=O) groups is 1. The number of benzene rings is 1. The van der Waals surface area contributed by atoms with Crippen LogP contribution in [0.3, 0.4) is 0 Å². The Morgan fingerprint density at radius 3 is 2.53 bits per heavy atom. The lowest BCUT2D eigenvalue weighted by Crippen LogP contribution is -2.24. The molecule has 3 nitrogen and oxygen atoms in total. The van der Waals surface area contributed by atoms with Crippen LogP contribution >= 0.6 is 0 Å². The highest BCUT2D eigenvalue weighted by Crippen LogP contribution is 2.22. The van der Waals surface area contributed by atoms with E-state index in [0.29, 0.717) is 5.92 Å². The molecule has 0 saturated carbocycles. The molecule has 0 unspecified atom stereocenters. The highest BCUT2D eigenvalue weighted by Gasteiger charge is 2.05. The number of hydrogen-bond acceptors (Lipinski definition) is 1. The van der Waals surface area contributed by atoms with E-state index in [0.717, 1.165) is 11.3 Å². The van der Waals surface area contributed by atoms with Crippen LogP contribution in [0.15, 0.2) is 18.2 Å². The van der Waals surface area contributed by atoms with Gasteiger partial charge in [0.05, 0.1) is 0 Å². The van der Waals surface area contributed by atoms with Crippen LogP contribution in [0.4, 0.5) is 10.5 Å². The molecule has 82 valence electrons. The van der Waals surface area contributed by atoms with Gasteiger partial charge in [0, 0.05) is 12.7 Å². The predicted molar refractivity (Wildman–Crippen MR) is 63.3 cm³/mol. The second kappa shape index (κ2) is 4.82. The average Bonchev–Trinajstić information content (AvgIpc) is 2.20. The van der Waals surface area contributed by atoms with Crippen molar-refractivity contribution in [3.05, 3.63) is 29.3 Å². The van der Waals surface area contributed by atoms with Crippen molar-refractivity contribution in [3.63, 3.8) is 0 Å². The largest absolute Gasteiger partial charge is 0.341 e. The van der Waals surface area contributed by atoms with Gasteiger partial charge in [-0.05, 0) is 30.0 Å². The second-order valence-electron chi connectivity index (χ2n) is 3.93. The van der Waals surface area contributed by atoms with Crippen LogP contribution in [0.2, 0.25) is 0 Å². The fourth-order valence-corrected chi connectivity index (χ4v) is 1.32. The summed E-state index contributed by atoms with van der Waals surface area (Å²) in [5.74, 6) is 0.468. The second-order valence-corrected chi connectivity index (χ2v) is 3.93. The lowest BCUT2D eigenvalue weighted by Gasteiger charge is -2.12. The molecule has 0 aliphatic carbocycles. The van der Waals surface area contributed by atoms with E-state index in [1.165, 1.54) is 5.56 Å². The highest BCUT2D eigenvalue weighted by atomic mass is 16.2. The molecule has 0 spiro atoms. The van der Waals surface area contributed by atoms with E-state index >= 15 is 0 Å². The van der Waals surface area contributed by atoms with Crippen molar-refractivity contribution in [1.29, 1.82) is 0 Å². The summed E-state index contributed by atoms with van der Waals surface area (Å²) in [7, 11) is 1.61. The summed E-state index contributed by atoms with van der Waals surface area (Å²) in [5, 5.41) is 5.34. The van der Waals surface area contributed by atoms with Gasteiger partial charge in [-0.2, -0.15) is 0 Å². The van der Waals surface area contributed by atoms with E-state index in [1.54, 1.807) is 7.05 Å². The average molecular weight is 206 g/mol. The molecular formula is C12H18N2O. The third-order valence-electron chi connectivity index (χ3n) is 2.40. The SMILES string of the molecule is CNC(=O)Nc1cc(C(C)C)ccc1C. The normalized spacial score (nSPS) is 10.2. The third kappa shape index (κ3) is 2.98. The topological polar surface area (TPSA) is 41.1 Å². The molecule has 1 aromatic carbocycles. The van der Waals surface area contributed by atoms with Gasteiger partial charge in [-0.3, -0.25) is 0 Å². The molecule has 0 bridgehead atoms. The first-order valence-electron chi connectivity index (χ1n) is 5.14. The van der Waals surface area contributed by atoms with Crippen LogP contribution in [-0.4, -0.2) is 13.1 Å². The summed E-state index contributed by atoms with van der Waals surface area (Å²) in [6.45, 7) is 6.25. The van der Waals surface area contributed by atoms with Gasteiger partial charge in [-0.25, -0.2) is 4.79 Å². The van der Waals surface area contributed by atoms with E-state index in [1.807, 2.05) is 19.1 Å². The van der Waals surface area contributed by atoms with Crippen LogP contribution < -0.4 is 10.6 Å². The van der Waals surface area contributed by atoms with Crippen molar-refractivity contribution in [2.75, 3.05) is 12.4 Å². The molecule has 0 fully saturated rings. The quantitative estimate of drug-likeness (QED) is 0.767. The number of carbonyl (C=O) groups excluding carboxylic acids is 1. The van der Waals surface area contributed by atoms with Gasteiger partial charge in [0.2, 0.25) is 0 Å². The van der Waals surface area contributed by atoms with Crippen LogP contribution in [0, 0.1) is 6.92 Å². The number of urea groups is 1. The number of amides is 2. The first-order chi connectivity index (χ1) is 7.04. The maximum Gasteiger partial charge on any atom is 0.318 e. The Hall–Kier alpha value is -1.51. The van der Waals surface area contributed by atoms with Crippen molar-refractivity contribution in [2.45, 2.75) is 26.7 Å². The van der Waals surface area contributed by atoms with Crippen molar-refractivity contribution >= 4 is 11.7 Å². The minimum Gasteiger partial charge on any atom is -0.341 e. The zero-order valence-electron chi connectivity index (χ0n) is 9.72. The van der Waals surface area contributed by atoms with Gasteiger partial charge in [0.15, 0.2) is 0 Å². The van der Waals surface area contributed by atoms with E-state index in [2.05, 4.69) is 30.5 Å². The van der Waals surface area contributed by atoms with Crippen molar-refractivity contribution in [2.24, 2.45) is 0 Å². The Labute approximate surface area is 90.9 Å². The minimum absolute atomic E-state index is 0.181. The van der Waals surface area contributed by atoms with Gasteiger partial charge in [0.1, 0.15) is 0 Å². The van der Waals surface area contributed by atoms with Crippen LogP contribution in [0.1, 0.15) is 30.9 Å². The monoisotopic (exact) mass is 206 g/mol. The molecule has 0 aliphatic rings. The molecule has 1 rings (SSSR count). The lowest BCUT2D eigenvalue weighted by atomic mass is 10.0. The number of nitrogens with one attached hydrogen (secondary N) is 2. The summed E-state index contributed by atoms with van der Waals surface area (Å²) in [5.41, 5.74) is 3.18. The van der Waals surface area contributed by atoms with Gasteiger partial charge < -0.3 is 10.6 Å². The van der Waals surface area contributed by atoms with E-state index < -0.39 is 0 Å². The molecule has 1 aromatic rings. The Morgan fingerprint density at radius 1 is 1.33 bits per heavy atom. The van der Waals surface area contributed by atoms with Crippen molar-refractivity contribution in [3.8, 4) is 0 Å². The summed E-state index contributed by atoms with van der Waals surface area (Å²) in [6.07, 6.45) is 0.